The van der Waals surface area contributed by atoms with Gasteiger partial charge < -0.3 is 10.1 Å². The van der Waals surface area contributed by atoms with E-state index >= 15 is 0 Å². The van der Waals surface area contributed by atoms with Crippen molar-refractivity contribution in [1.29, 1.82) is 0 Å². The van der Waals surface area contributed by atoms with Gasteiger partial charge in [-0.1, -0.05) is 6.92 Å². The first-order valence-electron chi connectivity index (χ1n) is 4.62. The molecule has 1 aromatic rings. The average Bonchev–Trinajstić information content (AvgIpc) is 2.26. The molecule has 0 bridgehead atoms. The number of pyridine rings is 1. The quantitative estimate of drug-likeness (QED) is 0.765. The molecule has 3 nitrogen and oxygen atoms in total. The number of methoxy groups -OCH3 is 1. The van der Waals surface area contributed by atoms with Crippen molar-refractivity contribution >= 4 is 17.4 Å². The molecule has 1 aromatic heterocycles. The summed E-state index contributed by atoms with van der Waals surface area (Å²) in [7, 11) is 1.62. The Morgan fingerprint density at radius 1 is 1.57 bits per heavy atom. The fraction of sp³-hybridized carbons (Fsp3) is 0.500. The van der Waals surface area contributed by atoms with Gasteiger partial charge >= 0.3 is 0 Å². The van der Waals surface area contributed by atoms with Gasteiger partial charge in [0.15, 0.2) is 0 Å². The van der Waals surface area contributed by atoms with E-state index in [1.54, 1.807) is 13.3 Å². The number of aromatic nitrogens is 1. The molecule has 0 amide bonds. The molecular formula is C10H15ClN2O. The van der Waals surface area contributed by atoms with Crippen LogP contribution >= 0.6 is 11.6 Å². The lowest BCUT2D eigenvalue weighted by Crippen LogP contribution is -2.20. The largest absolute Gasteiger partial charge is 0.495 e. The summed E-state index contributed by atoms with van der Waals surface area (Å²) in [4.78, 5) is 4.19. The molecule has 4 heteroatoms. The summed E-state index contributed by atoms with van der Waals surface area (Å²) in [6.45, 7) is 2.09. The number of hydrogen-bond donors (Lipinski definition) is 1. The van der Waals surface area contributed by atoms with Crippen LogP contribution in [0, 0.1) is 0 Å². The van der Waals surface area contributed by atoms with Crippen molar-refractivity contribution in [2.45, 2.75) is 19.4 Å². The minimum Gasteiger partial charge on any atom is -0.495 e. The third kappa shape index (κ3) is 3.07. The zero-order chi connectivity index (χ0) is 10.4. The summed E-state index contributed by atoms with van der Waals surface area (Å²) in [6, 6.07) is 4.03. The summed E-state index contributed by atoms with van der Waals surface area (Å²) in [5.41, 5.74) is 0. The Labute approximate surface area is 89.4 Å². The van der Waals surface area contributed by atoms with Gasteiger partial charge in [0.1, 0.15) is 11.6 Å². The van der Waals surface area contributed by atoms with Crippen molar-refractivity contribution in [1.82, 2.24) is 4.98 Å². The van der Waals surface area contributed by atoms with E-state index in [2.05, 4.69) is 17.2 Å². The van der Waals surface area contributed by atoms with Gasteiger partial charge in [-0.15, -0.1) is 11.6 Å². The Morgan fingerprint density at radius 2 is 2.36 bits per heavy atom. The molecule has 1 atom stereocenters. The number of anilines is 1. The fourth-order valence-corrected chi connectivity index (χ4v) is 1.34. The highest BCUT2D eigenvalue weighted by molar-refractivity contribution is 6.18. The molecule has 1 heterocycles. The third-order valence-corrected chi connectivity index (χ3v) is 2.38. The zero-order valence-corrected chi connectivity index (χ0v) is 9.21. The number of nitrogens with zero attached hydrogens (tertiary/aromatic N) is 1. The van der Waals surface area contributed by atoms with E-state index < -0.39 is 0 Å². The standard InChI is InChI=1S/C10H15ClN2O/c1-3-8(6-11)13-10-5-4-9(14-2)7-12-10/h4-5,7-8H,3,6H2,1-2H3,(H,12,13). The lowest BCUT2D eigenvalue weighted by Gasteiger charge is -2.14. The van der Waals surface area contributed by atoms with Crippen molar-refractivity contribution in [3.8, 4) is 5.75 Å². The maximum absolute atomic E-state index is 5.76. The normalized spacial score (nSPS) is 12.2. The molecule has 0 aliphatic carbocycles. The van der Waals surface area contributed by atoms with Gasteiger partial charge in [-0.3, -0.25) is 0 Å². The fourth-order valence-electron chi connectivity index (χ4n) is 1.05. The van der Waals surface area contributed by atoms with Crippen LogP contribution in [0.4, 0.5) is 5.82 Å². The highest BCUT2D eigenvalue weighted by Crippen LogP contribution is 2.12. The highest BCUT2D eigenvalue weighted by Gasteiger charge is 2.04. The van der Waals surface area contributed by atoms with Crippen LogP contribution in [0.1, 0.15) is 13.3 Å². The molecule has 0 aliphatic heterocycles. The van der Waals surface area contributed by atoms with Crippen LogP contribution in [-0.2, 0) is 0 Å². The first kappa shape index (κ1) is 11.1. The maximum Gasteiger partial charge on any atom is 0.137 e. The number of alkyl halides is 1. The van der Waals surface area contributed by atoms with Crippen LogP contribution in [-0.4, -0.2) is 24.0 Å². The first-order valence-corrected chi connectivity index (χ1v) is 5.16. The minimum atomic E-state index is 0.276. The predicted molar refractivity (Wildman–Crippen MR) is 59.2 cm³/mol. The van der Waals surface area contributed by atoms with Crippen molar-refractivity contribution in [3.63, 3.8) is 0 Å². The van der Waals surface area contributed by atoms with Gasteiger partial charge in [0.25, 0.3) is 0 Å². The molecule has 0 saturated carbocycles. The number of hydrogen-bond acceptors (Lipinski definition) is 3. The molecule has 1 rings (SSSR count). The number of nitrogens with one attached hydrogen (secondary N) is 1. The Bertz CT molecular complexity index is 259. The van der Waals surface area contributed by atoms with Gasteiger partial charge in [0, 0.05) is 11.9 Å². The number of ether oxygens (including phenoxy) is 1. The van der Waals surface area contributed by atoms with E-state index in [9.17, 15) is 0 Å². The second-order valence-electron chi connectivity index (χ2n) is 2.99. The molecule has 78 valence electrons. The molecule has 0 radical (unpaired) electrons. The summed E-state index contributed by atoms with van der Waals surface area (Å²) in [5.74, 6) is 2.18. The van der Waals surface area contributed by atoms with E-state index in [4.69, 9.17) is 16.3 Å². The average molecular weight is 215 g/mol. The van der Waals surface area contributed by atoms with Crippen LogP contribution in [0.15, 0.2) is 18.3 Å². The van der Waals surface area contributed by atoms with Crippen LogP contribution in [0.2, 0.25) is 0 Å². The van der Waals surface area contributed by atoms with Crippen LogP contribution in [0.25, 0.3) is 0 Å². The summed E-state index contributed by atoms with van der Waals surface area (Å²) in [6.07, 6.45) is 2.67. The topological polar surface area (TPSA) is 34.1 Å². The molecule has 0 spiro atoms. The molecule has 1 unspecified atom stereocenters. The van der Waals surface area contributed by atoms with Crippen molar-refractivity contribution in [2.24, 2.45) is 0 Å². The van der Waals surface area contributed by atoms with Crippen LogP contribution in [0.5, 0.6) is 5.75 Å². The van der Waals surface area contributed by atoms with Gasteiger partial charge in [-0.25, -0.2) is 4.98 Å². The smallest absolute Gasteiger partial charge is 0.137 e. The molecular weight excluding hydrogens is 200 g/mol. The predicted octanol–water partition coefficient (Wildman–Crippen LogP) is 2.52. The Balaban J connectivity index is 2.58. The summed E-state index contributed by atoms with van der Waals surface area (Å²) < 4.78 is 5.01. The summed E-state index contributed by atoms with van der Waals surface area (Å²) in [5, 5.41) is 3.23. The molecule has 0 aliphatic rings. The lowest BCUT2D eigenvalue weighted by atomic mass is 10.2. The van der Waals surface area contributed by atoms with Gasteiger partial charge in [-0.2, -0.15) is 0 Å². The van der Waals surface area contributed by atoms with E-state index in [-0.39, 0.29) is 6.04 Å². The SMILES string of the molecule is CCC(CCl)Nc1ccc(OC)cn1. The maximum atomic E-state index is 5.76. The molecule has 0 fully saturated rings. The zero-order valence-electron chi connectivity index (χ0n) is 8.46. The second kappa shape index (κ2) is 5.70. The van der Waals surface area contributed by atoms with Crippen molar-refractivity contribution < 1.29 is 4.74 Å². The first-order chi connectivity index (χ1) is 6.80. The molecule has 0 aromatic carbocycles. The van der Waals surface area contributed by atoms with Gasteiger partial charge in [0.2, 0.25) is 0 Å². The van der Waals surface area contributed by atoms with Crippen molar-refractivity contribution in [3.05, 3.63) is 18.3 Å². The minimum absolute atomic E-state index is 0.276. The monoisotopic (exact) mass is 214 g/mol. The molecule has 0 saturated heterocycles. The third-order valence-electron chi connectivity index (χ3n) is 2.00. The van der Waals surface area contributed by atoms with Crippen LogP contribution in [0.3, 0.4) is 0 Å². The van der Waals surface area contributed by atoms with Gasteiger partial charge in [-0.05, 0) is 18.6 Å². The van der Waals surface area contributed by atoms with E-state index in [0.717, 1.165) is 18.0 Å². The van der Waals surface area contributed by atoms with E-state index in [1.807, 2.05) is 12.1 Å². The molecule has 1 N–H and O–H groups in total. The number of rotatable bonds is 5. The Kier molecular flexibility index (Phi) is 4.53. The number of halogens is 1. The van der Waals surface area contributed by atoms with Gasteiger partial charge in [0.05, 0.1) is 13.3 Å². The van der Waals surface area contributed by atoms with E-state index in [0.29, 0.717) is 5.88 Å². The Morgan fingerprint density at radius 3 is 2.79 bits per heavy atom. The molecule has 14 heavy (non-hydrogen) atoms. The Hall–Kier alpha value is -0.960. The summed E-state index contributed by atoms with van der Waals surface area (Å²) >= 11 is 5.76. The van der Waals surface area contributed by atoms with E-state index in [1.165, 1.54) is 0 Å². The highest BCUT2D eigenvalue weighted by atomic mass is 35.5. The lowest BCUT2D eigenvalue weighted by molar-refractivity contribution is 0.413. The van der Waals surface area contributed by atoms with Crippen molar-refractivity contribution in [2.75, 3.05) is 18.3 Å². The second-order valence-corrected chi connectivity index (χ2v) is 3.30. The van der Waals surface area contributed by atoms with Crippen LogP contribution < -0.4 is 10.1 Å².